The van der Waals surface area contributed by atoms with Gasteiger partial charge in [0, 0.05) is 19.5 Å². The summed E-state index contributed by atoms with van der Waals surface area (Å²) < 4.78 is 1.86. The predicted molar refractivity (Wildman–Crippen MR) is 73.0 cm³/mol. The van der Waals surface area contributed by atoms with E-state index in [9.17, 15) is 4.79 Å². The summed E-state index contributed by atoms with van der Waals surface area (Å²) in [6, 6.07) is 0. The number of likely N-dealkylation sites (tertiary alicyclic amines) is 1. The summed E-state index contributed by atoms with van der Waals surface area (Å²) in [5.74, 6) is 0.690. The maximum Gasteiger partial charge on any atom is 0.303 e. The summed E-state index contributed by atoms with van der Waals surface area (Å²) in [5.41, 5.74) is 0. The Bertz CT molecular complexity index is 434. The van der Waals surface area contributed by atoms with Gasteiger partial charge in [0.2, 0.25) is 0 Å². The Morgan fingerprint density at radius 1 is 1.50 bits per heavy atom. The molecule has 1 atom stereocenters. The number of aryl methyl sites for hydroxylation is 1. The number of aromatic nitrogens is 4. The van der Waals surface area contributed by atoms with Crippen LogP contribution in [-0.2, 0) is 17.9 Å². The smallest absolute Gasteiger partial charge is 0.303 e. The van der Waals surface area contributed by atoms with E-state index in [0.717, 1.165) is 57.7 Å². The second-order valence-corrected chi connectivity index (χ2v) is 5.49. The van der Waals surface area contributed by atoms with Crippen LogP contribution >= 0.6 is 0 Å². The van der Waals surface area contributed by atoms with Crippen LogP contribution < -0.4 is 0 Å². The highest BCUT2D eigenvalue weighted by atomic mass is 16.4. The van der Waals surface area contributed by atoms with Gasteiger partial charge in [0.25, 0.3) is 0 Å². The standard InChI is InChI=1S/C13H23N5O2/c1-2-7-18-12(14-15-16-18)10-17-8-3-4-11(9-17)5-6-13(19)20/h11H,2-10H2,1H3,(H,19,20). The minimum absolute atomic E-state index is 0.270. The number of hydrogen-bond donors (Lipinski definition) is 1. The van der Waals surface area contributed by atoms with Crippen LogP contribution in [0.25, 0.3) is 0 Å². The lowest BCUT2D eigenvalue weighted by Crippen LogP contribution is -2.36. The number of nitrogens with zero attached hydrogens (tertiary/aromatic N) is 5. The minimum Gasteiger partial charge on any atom is -0.481 e. The van der Waals surface area contributed by atoms with Gasteiger partial charge < -0.3 is 5.11 Å². The average Bonchev–Trinajstić information content (AvgIpc) is 2.85. The molecule has 1 aliphatic rings. The van der Waals surface area contributed by atoms with Crippen LogP contribution in [0.15, 0.2) is 0 Å². The second-order valence-electron chi connectivity index (χ2n) is 5.49. The maximum absolute atomic E-state index is 10.7. The molecule has 112 valence electrons. The fourth-order valence-corrected chi connectivity index (χ4v) is 2.78. The van der Waals surface area contributed by atoms with E-state index in [2.05, 4.69) is 27.3 Å². The summed E-state index contributed by atoms with van der Waals surface area (Å²) in [6.45, 7) is 5.71. The van der Waals surface area contributed by atoms with Crippen molar-refractivity contribution in [1.29, 1.82) is 0 Å². The molecule has 0 aromatic carbocycles. The Morgan fingerprint density at radius 3 is 3.10 bits per heavy atom. The van der Waals surface area contributed by atoms with Crippen molar-refractivity contribution in [2.24, 2.45) is 5.92 Å². The minimum atomic E-state index is -0.700. The second kappa shape index (κ2) is 7.33. The van der Waals surface area contributed by atoms with Crippen molar-refractivity contribution >= 4 is 5.97 Å². The number of carbonyl (C=O) groups is 1. The van der Waals surface area contributed by atoms with E-state index in [1.807, 2.05) is 4.68 Å². The van der Waals surface area contributed by atoms with E-state index in [4.69, 9.17) is 5.11 Å². The summed E-state index contributed by atoms with van der Waals surface area (Å²) in [6.07, 6.45) is 4.31. The number of rotatable bonds is 7. The maximum atomic E-state index is 10.7. The van der Waals surface area contributed by atoms with Gasteiger partial charge in [-0.05, 0) is 48.6 Å². The number of tetrazole rings is 1. The lowest BCUT2D eigenvalue weighted by Gasteiger charge is -2.32. The highest BCUT2D eigenvalue weighted by Crippen LogP contribution is 2.22. The van der Waals surface area contributed by atoms with Gasteiger partial charge in [0.05, 0.1) is 6.54 Å². The van der Waals surface area contributed by atoms with Crippen LogP contribution in [-0.4, -0.2) is 49.3 Å². The monoisotopic (exact) mass is 281 g/mol. The first-order valence-electron chi connectivity index (χ1n) is 7.38. The molecule has 1 N–H and O–H groups in total. The van der Waals surface area contributed by atoms with Gasteiger partial charge in [-0.25, -0.2) is 4.68 Å². The third-order valence-corrected chi connectivity index (χ3v) is 3.78. The summed E-state index contributed by atoms with van der Waals surface area (Å²) >= 11 is 0. The number of carboxylic acid groups (broad SMARTS) is 1. The van der Waals surface area contributed by atoms with Crippen LogP contribution in [0, 0.1) is 5.92 Å². The van der Waals surface area contributed by atoms with Crippen LogP contribution in [0.2, 0.25) is 0 Å². The van der Waals surface area contributed by atoms with Gasteiger partial charge in [0.1, 0.15) is 0 Å². The number of carboxylic acids is 1. The topological polar surface area (TPSA) is 84.1 Å². The van der Waals surface area contributed by atoms with Crippen molar-refractivity contribution < 1.29 is 9.90 Å². The third-order valence-electron chi connectivity index (χ3n) is 3.78. The van der Waals surface area contributed by atoms with E-state index in [1.54, 1.807) is 0 Å². The Balaban J connectivity index is 1.85. The van der Waals surface area contributed by atoms with Crippen molar-refractivity contribution in [1.82, 2.24) is 25.1 Å². The molecule has 0 aliphatic carbocycles. The molecule has 2 rings (SSSR count). The molecule has 0 bridgehead atoms. The molecule has 1 aromatic rings. The quantitative estimate of drug-likeness (QED) is 0.807. The highest BCUT2D eigenvalue weighted by molar-refractivity contribution is 5.66. The lowest BCUT2D eigenvalue weighted by molar-refractivity contribution is -0.137. The van der Waals surface area contributed by atoms with Gasteiger partial charge in [-0.2, -0.15) is 0 Å². The summed E-state index contributed by atoms with van der Waals surface area (Å²) in [5, 5.41) is 20.6. The van der Waals surface area contributed by atoms with Crippen molar-refractivity contribution in [2.75, 3.05) is 13.1 Å². The summed E-state index contributed by atoms with van der Waals surface area (Å²) in [7, 11) is 0. The van der Waals surface area contributed by atoms with Crippen molar-refractivity contribution in [2.45, 2.75) is 52.1 Å². The van der Waals surface area contributed by atoms with E-state index in [0.29, 0.717) is 5.92 Å². The Labute approximate surface area is 119 Å². The molecule has 1 saturated heterocycles. The first kappa shape index (κ1) is 14.9. The third kappa shape index (κ3) is 4.26. The number of aliphatic carboxylic acids is 1. The summed E-state index contributed by atoms with van der Waals surface area (Å²) in [4.78, 5) is 13.0. The van der Waals surface area contributed by atoms with E-state index >= 15 is 0 Å². The zero-order valence-electron chi connectivity index (χ0n) is 12.0. The highest BCUT2D eigenvalue weighted by Gasteiger charge is 2.22. The van der Waals surface area contributed by atoms with Gasteiger partial charge in [-0.1, -0.05) is 6.92 Å². The molecule has 7 heteroatoms. The molecule has 2 heterocycles. The average molecular weight is 281 g/mol. The van der Waals surface area contributed by atoms with Crippen LogP contribution in [0.3, 0.4) is 0 Å². The zero-order chi connectivity index (χ0) is 14.4. The van der Waals surface area contributed by atoms with Crippen molar-refractivity contribution in [3.63, 3.8) is 0 Å². The molecule has 0 saturated carbocycles. The first-order valence-corrected chi connectivity index (χ1v) is 7.38. The van der Waals surface area contributed by atoms with Crippen LogP contribution in [0.4, 0.5) is 0 Å². The lowest BCUT2D eigenvalue weighted by atomic mass is 9.93. The fraction of sp³-hybridized carbons (Fsp3) is 0.846. The molecule has 0 spiro atoms. The van der Waals surface area contributed by atoms with E-state index in [-0.39, 0.29) is 6.42 Å². The van der Waals surface area contributed by atoms with Gasteiger partial charge in [-0.3, -0.25) is 9.69 Å². The first-order chi connectivity index (χ1) is 9.69. The van der Waals surface area contributed by atoms with Gasteiger partial charge in [0.15, 0.2) is 5.82 Å². The van der Waals surface area contributed by atoms with Gasteiger partial charge in [-0.15, -0.1) is 5.10 Å². The molecular formula is C13H23N5O2. The van der Waals surface area contributed by atoms with Gasteiger partial charge >= 0.3 is 5.97 Å². The zero-order valence-corrected chi connectivity index (χ0v) is 12.0. The molecular weight excluding hydrogens is 258 g/mol. The van der Waals surface area contributed by atoms with Crippen molar-refractivity contribution in [3.8, 4) is 0 Å². The number of piperidine rings is 1. The Morgan fingerprint density at radius 2 is 2.35 bits per heavy atom. The molecule has 0 radical (unpaired) electrons. The van der Waals surface area contributed by atoms with Crippen molar-refractivity contribution in [3.05, 3.63) is 5.82 Å². The SMILES string of the molecule is CCCn1nnnc1CN1CCCC(CCC(=O)O)C1. The molecule has 1 aromatic heterocycles. The molecule has 20 heavy (non-hydrogen) atoms. The molecule has 7 nitrogen and oxygen atoms in total. The molecule has 1 aliphatic heterocycles. The number of hydrogen-bond acceptors (Lipinski definition) is 5. The van der Waals surface area contributed by atoms with Crippen LogP contribution in [0.5, 0.6) is 0 Å². The largest absolute Gasteiger partial charge is 0.481 e. The van der Waals surface area contributed by atoms with E-state index in [1.165, 1.54) is 0 Å². The predicted octanol–water partition coefficient (Wildman–Crippen LogP) is 1.16. The fourth-order valence-electron chi connectivity index (χ4n) is 2.78. The van der Waals surface area contributed by atoms with E-state index < -0.39 is 5.97 Å². The molecule has 1 unspecified atom stereocenters. The molecule has 0 amide bonds. The molecule has 1 fully saturated rings. The Kier molecular flexibility index (Phi) is 5.46. The van der Waals surface area contributed by atoms with Crippen LogP contribution in [0.1, 0.15) is 44.9 Å². The normalized spacial score (nSPS) is 20.1. The Hall–Kier alpha value is -1.50.